The molecule has 0 saturated carbocycles. The van der Waals surface area contributed by atoms with Crippen molar-refractivity contribution >= 4 is 28.9 Å². The van der Waals surface area contributed by atoms with Crippen LogP contribution in [0.4, 0.5) is 5.95 Å². The number of hydrogen-bond donors (Lipinski definition) is 0. The van der Waals surface area contributed by atoms with Crippen LogP contribution < -0.4 is 16.1 Å². The number of ether oxygens (including phenoxy) is 1. The van der Waals surface area contributed by atoms with E-state index in [9.17, 15) is 9.59 Å². The maximum absolute atomic E-state index is 12.7. The number of nitrogens with zero attached hydrogens (tertiary/aromatic N) is 5. The van der Waals surface area contributed by atoms with E-state index in [1.807, 2.05) is 16.3 Å². The highest BCUT2D eigenvalue weighted by atomic mass is 32.2. The molecule has 0 bridgehead atoms. The van der Waals surface area contributed by atoms with Crippen molar-refractivity contribution in [2.45, 2.75) is 6.04 Å². The first kappa shape index (κ1) is 14.8. The summed E-state index contributed by atoms with van der Waals surface area (Å²) in [5, 5.41) is 0. The maximum atomic E-state index is 12.7. The Balaban J connectivity index is 2.02. The van der Waals surface area contributed by atoms with Crippen LogP contribution in [0.1, 0.15) is 6.04 Å². The van der Waals surface area contributed by atoms with Crippen molar-refractivity contribution in [3.05, 3.63) is 20.8 Å². The van der Waals surface area contributed by atoms with Crippen LogP contribution in [-0.2, 0) is 18.8 Å². The Kier molecular flexibility index (Phi) is 3.49. The van der Waals surface area contributed by atoms with Crippen LogP contribution in [0.2, 0.25) is 0 Å². The molecular formula is C14H19N5O3S. The van der Waals surface area contributed by atoms with E-state index in [0.29, 0.717) is 24.4 Å². The first-order chi connectivity index (χ1) is 11.1. The van der Waals surface area contributed by atoms with Crippen LogP contribution >= 0.6 is 11.8 Å². The second-order valence-electron chi connectivity index (χ2n) is 5.95. The normalized spacial score (nSPS) is 19.3. The van der Waals surface area contributed by atoms with Crippen molar-refractivity contribution in [3.8, 4) is 0 Å². The summed E-state index contributed by atoms with van der Waals surface area (Å²) in [7, 11) is 3.19. The van der Waals surface area contributed by atoms with Gasteiger partial charge in [0.15, 0.2) is 11.2 Å². The van der Waals surface area contributed by atoms with Crippen molar-refractivity contribution in [2.24, 2.45) is 14.1 Å². The second-order valence-corrected chi connectivity index (χ2v) is 7.03. The van der Waals surface area contributed by atoms with E-state index < -0.39 is 0 Å². The SMILES string of the molecule is Cn1c(=O)c2c(nc(N3CCOCC3)n2C2CSC2)n(C)c1=O. The highest BCUT2D eigenvalue weighted by Gasteiger charge is 2.31. The molecule has 2 aromatic heterocycles. The van der Waals surface area contributed by atoms with E-state index in [1.54, 1.807) is 7.05 Å². The lowest BCUT2D eigenvalue weighted by Gasteiger charge is -2.33. The van der Waals surface area contributed by atoms with Crippen molar-refractivity contribution in [3.63, 3.8) is 0 Å². The lowest BCUT2D eigenvalue weighted by molar-refractivity contribution is 0.121. The van der Waals surface area contributed by atoms with Crippen LogP contribution in [0.25, 0.3) is 11.2 Å². The van der Waals surface area contributed by atoms with Gasteiger partial charge in [0, 0.05) is 38.7 Å². The summed E-state index contributed by atoms with van der Waals surface area (Å²) in [6.07, 6.45) is 0. The minimum atomic E-state index is -0.344. The molecule has 8 nitrogen and oxygen atoms in total. The molecule has 2 aromatic rings. The molecule has 4 heterocycles. The average Bonchev–Trinajstić information content (AvgIpc) is 2.90. The van der Waals surface area contributed by atoms with Gasteiger partial charge in [0.2, 0.25) is 5.95 Å². The monoisotopic (exact) mass is 337 g/mol. The van der Waals surface area contributed by atoms with E-state index in [4.69, 9.17) is 4.74 Å². The number of aromatic nitrogens is 4. The van der Waals surface area contributed by atoms with Crippen LogP contribution in [-0.4, -0.2) is 56.5 Å². The predicted octanol–water partition coefficient (Wildman–Crippen LogP) is -0.442. The number of anilines is 1. The highest BCUT2D eigenvalue weighted by molar-refractivity contribution is 8.00. The van der Waals surface area contributed by atoms with Gasteiger partial charge in [-0.2, -0.15) is 16.7 Å². The molecule has 0 N–H and O–H groups in total. The van der Waals surface area contributed by atoms with Crippen LogP contribution in [0.3, 0.4) is 0 Å². The standard InChI is InChI=1S/C14H19N5O3S/c1-16-11-10(12(20)17(2)14(16)21)19(9-7-23-8-9)13(15-11)18-3-5-22-6-4-18/h9H,3-8H2,1-2H3. The van der Waals surface area contributed by atoms with Crippen molar-refractivity contribution in [2.75, 3.05) is 42.7 Å². The molecule has 0 aromatic carbocycles. The van der Waals surface area contributed by atoms with Gasteiger partial charge < -0.3 is 9.64 Å². The maximum Gasteiger partial charge on any atom is 0.332 e. The molecular weight excluding hydrogens is 318 g/mol. The fraction of sp³-hybridized carbons (Fsp3) is 0.643. The number of rotatable bonds is 2. The molecule has 0 atom stereocenters. The predicted molar refractivity (Wildman–Crippen MR) is 89.6 cm³/mol. The lowest BCUT2D eigenvalue weighted by Crippen LogP contribution is -2.40. The summed E-state index contributed by atoms with van der Waals surface area (Å²) in [4.78, 5) is 31.7. The second kappa shape index (κ2) is 5.41. The molecule has 124 valence electrons. The molecule has 2 fully saturated rings. The molecule has 2 aliphatic heterocycles. The van der Waals surface area contributed by atoms with Crippen LogP contribution in [0.5, 0.6) is 0 Å². The zero-order chi connectivity index (χ0) is 16.1. The van der Waals surface area contributed by atoms with Gasteiger partial charge >= 0.3 is 5.69 Å². The molecule has 0 amide bonds. The first-order valence-electron chi connectivity index (χ1n) is 7.68. The topological polar surface area (TPSA) is 74.3 Å². The minimum Gasteiger partial charge on any atom is -0.378 e. The summed E-state index contributed by atoms with van der Waals surface area (Å²) >= 11 is 1.86. The summed E-state index contributed by atoms with van der Waals surface area (Å²) in [6, 6.07) is 0.257. The van der Waals surface area contributed by atoms with Crippen LogP contribution in [0, 0.1) is 0 Å². The van der Waals surface area contributed by atoms with Crippen molar-refractivity contribution < 1.29 is 4.74 Å². The third-order valence-electron chi connectivity index (χ3n) is 4.55. The molecule has 4 rings (SSSR count). The third kappa shape index (κ3) is 2.13. The van der Waals surface area contributed by atoms with Gasteiger partial charge in [-0.05, 0) is 0 Å². The van der Waals surface area contributed by atoms with Gasteiger partial charge in [0.05, 0.1) is 19.3 Å². The Morgan fingerprint density at radius 1 is 1.13 bits per heavy atom. The van der Waals surface area contributed by atoms with Gasteiger partial charge in [0.25, 0.3) is 5.56 Å². The van der Waals surface area contributed by atoms with E-state index in [1.165, 1.54) is 11.6 Å². The zero-order valence-corrected chi connectivity index (χ0v) is 14.0. The molecule has 0 radical (unpaired) electrons. The Morgan fingerprint density at radius 2 is 1.83 bits per heavy atom. The van der Waals surface area contributed by atoms with Gasteiger partial charge in [-0.1, -0.05) is 0 Å². The fourth-order valence-electron chi connectivity index (χ4n) is 3.11. The van der Waals surface area contributed by atoms with Gasteiger partial charge in [-0.3, -0.25) is 18.5 Å². The fourth-order valence-corrected chi connectivity index (χ4v) is 3.85. The molecule has 0 unspecified atom stereocenters. The minimum absolute atomic E-state index is 0.257. The van der Waals surface area contributed by atoms with Crippen molar-refractivity contribution in [1.29, 1.82) is 0 Å². The Morgan fingerprint density at radius 3 is 2.43 bits per heavy atom. The summed E-state index contributed by atoms with van der Waals surface area (Å²) in [5.41, 5.74) is 0.383. The number of thioether (sulfide) groups is 1. The number of imidazole rings is 1. The van der Waals surface area contributed by atoms with Gasteiger partial charge in [-0.15, -0.1) is 0 Å². The van der Waals surface area contributed by atoms with E-state index in [2.05, 4.69) is 9.88 Å². The molecule has 2 aliphatic rings. The Hall–Kier alpha value is -1.74. The molecule has 0 aliphatic carbocycles. The van der Waals surface area contributed by atoms with Crippen molar-refractivity contribution in [1.82, 2.24) is 18.7 Å². The van der Waals surface area contributed by atoms with E-state index in [-0.39, 0.29) is 17.3 Å². The first-order valence-corrected chi connectivity index (χ1v) is 8.83. The Bertz CT molecular complexity index is 873. The quantitative estimate of drug-likeness (QED) is 0.740. The number of aryl methyl sites for hydroxylation is 1. The smallest absolute Gasteiger partial charge is 0.332 e. The zero-order valence-electron chi connectivity index (χ0n) is 13.2. The molecule has 23 heavy (non-hydrogen) atoms. The molecule has 2 saturated heterocycles. The lowest BCUT2D eigenvalue weighted by atomic mass is 10.3. The van der Waals surface area contributed by atoms with Crippen LogP contribution in [0.15, 0.2) is 9.59 Å². The van der Waals surface area contributed by atoms with E-state index in [0.717, 1.165) is 35.1 Å². The number of morpholine rings is 1. The number of fused-ring (bicyclic) bond motifs is 1. The average molecular weight is 337 g/mol. The molecule has 0 spiro atoms. The Labute approximate surface area is 136 Å². The largest absolute Gasteiger partial charge is 0.378 e. The van der Waals surface area contributed by atoms with E-state index >= 15 is 0 Å². The molecule has 9 heteroatoms. The third-order valence-corrected chi connectivity index (χ3v) is 5.79. The summed E-state index contributed by atoms with van der Waals surface area (Å²) < 4.78 is 10.1. The summed E-state index contributed by atoms with van der Waals surface area (Å²) in [5.74, 6) is 2.72. The summed E-state index contributed by atoms with van der Waals surface area (Å²) in [6.45, 7) is 2.80. The highest BCUT2D eigenvalue weighted by Crippen LogP contribution is 2.35. The van der Waals surface area contributed by atoms with Gasteiger partial charge in [0.1, 0.15) is 0 Å². The van der Waals surface area contributed by atoms with Gasteiger partial charge in [-0.25, -0.2) is 4.79 Å². The number of hydrogen-bond acceptors (Lipinski definition) is 6.